The van der Waals surface area contributed by atoms with Crippen molar-refractivity contribution >= 4 is 52.1 Å². The van der Waals surface area contributed by atoms with Crippen molar-refractivity contribution in [2.75, 3.05) is 4.90 Å². The molecule has 2 heterocycles. The first-order valence-corrected chi connectivity index (χ1v) is 10.8. The zero-order chi connectivity index (χ0) is 23.8. The summed E-state index contributed by atoms with van der Waals surface area (Å²) < 4.78 is 15.3. The minimum Gasteiger partial charge on any atom is -0.342 e. The molecule has 8 heteroatoms. The van der Waals surface area contributed by atoms with Crippen LogP contribution in [0.2, 0.25) is 5.02 Å². The Morgan fingerprint density at radius 2 is 1.62 bits per heavy atom. The molecule has 0 aliphatic carbocycles. The van der Waals surface area contributed by atoms with Gasteiger partial charge in [-0.05, 0) is 54.1 Å². The quantitative estimate of drug-likeness (QED) is 0.329. The Morgan fingerprint density at radius 3 is 2.35 bits per heavy atom. The molecule has 168 valence electrons. The number of urea groups is 1. The van der Waals surface area contributed by atoms with E-state index in [0.717, 1.165) is 21.4 Å². The van der Waals surface area contributed by atoms with E-state index in [4.69, 9.17) is 11.6 Å². The van der Waals surface area contributed by atoms with Crippen molar-refractivity contribution in [3.05, 3.63) is 107 Å². The van der Waals surface area contributed by atoms with Gasteiger partial charge in [0.25, 0.3) is 11.8 Å². The zero-order valence-electron chi connectivity index (χ0n) is 17.7. The predicted molar refractivity (Wildman–Crippen MR) is 128 cm³/mol. The smallest absolute Gasteiger partial charge is 0.335 e. The second-order valence-corrected chi connectivity index (χ2v) is 8.23. The maximum Gasteiger partial charge on any atom is 0.335 e. The molecule has 0 saturated carbocycles. The first kappa shape index (κ1) is 21.6. The van der Waals surface area contributed by atoms with Crippen LogP contribution >= 0.6 is 11.6 Å². The largest absolute Gasteiger partial charge is 0.342 e. The summed E-state index contributed by atoms with van der Waals surface area (Å²) in [5.74, 6) is -1.81. The van der Waals surface area contributed by atoms with Crippen LogP contribution in [-0.4, -0.2) is 22.4 Å². The van der Waals surface area contributed by atoms with E-state index in [1.54, 1.807) is 24.3 Å². The van der Waals surface area contributed by atoms with E-state index < -0.39 is 17.8 Å². The third kappa shape index (κ3) is 3.97. The highest BCUT2D eigenvalue weighted by Crippen LogP contribution is 2.27. The molecule has 1 aliphatic heterocycles. The second kappa shape index (κ2) is 8.61. The van der Waals surface area contributed by atoms with Crippen molar-refractivity contribution in [3.63, 3.8) is 0 Å². The number of nitrogens with zero attached hydrogens (tertiary/aromatic N) is 2. The van der Waals surface area contributed by atoms with Gasteiger partial charge in [0.05, 0.1) is 5.69 Å². The van der Waals surface area contributed by atoms with E-state index in [-0.39, 0.29) is 11.4 Å². The monoisotopic (exact) mass is 473 g/mol. The van der Waals surface area contributed by atoms with Gasteiger partial charge in [-0.2, -0.15) is 0 Å². The van der Waals surface area contributed by atoms with Crippen LogP contribution in [0.15, 0.2) is 84.6 Å². The van der Waals surface area contributed by atoms with Crippen LogP contribution in [0.3, 0.4) is 0 Å². The fourth-order valence-electron chi connectivity index (χ4n) is 3.95. The van der Waals surface area contributed by atoms with Crippen LogP contribution in [-0.2, 0) is 16.1 Å². The molecule has 0 bridgehead atoms. The van der Waals surface area contributed by atoms with Gasteiger partial charge < -0.3 is 4.57 Å². The zero-order valence-corrected chi connectivity index (χ0v) is 18.4. The number of para-hydroxylation sites is 1. The van der Waals surface area contributed by atoms with E-state index >= 15 is 0 Å². The number of barbiturate groups is 1. The number of fused-ring (bicyclic) bond motifs is 1. The number of carbonyl (C=O) groups excluding carboxylic acids is 3. The average molecular weight is 474 g/mol. The lowest BCUT2D eigenvalue weighted by Crippen LogP contribution is -2.54. The number of imide groups is 2. The number of hydrogen-bond donors (Lipinski definition) is 1. The third-order valence-electron chi connectivity index (χ3n) is 5.57. The molecular weight excluding hydrogens is 457 g/mol. The first-order chi connectivity index (χ1) is 16.4. The van der Waals surface area contributed by atoms with Gasteiger partial charge in [0.1, 0.15) is 11.4 Å². The number of benzene rings is 3. The lowest BCUT2D eigenvalue weighted by atomic mass is 10.1. The molecule has 6 nitrogen and oxygen atoms in total. The number of halogens is 2. The fraction of sp³-hybridized carbons (Fsp3) is 0.0385. The highest BCUT2D eigenvalue weighted by Gasteiger charge is 2.37. The molecule has 1 fully saturated rings. The summed E-state index contributed by atoms with van der Waals surface area (Å²) in [6.45, 7) is 0.472. The number of rotatable bonds is 4. The third-order valence-corrected chi connectivity index (χ3v) is 5.82. The maximum atomic E-state index is 13.3. The Hall–Kier alpha value is -4.23. The SMILES string of the molecule is O=C1NC(=O)N(c2ccc(Cl)cc2)C(=O)/C1=C\c1cn(Cc2ccc(F)cc2)c2ccccc12. The molecule has 0 atom stereocenters. The van der Waals surface area contributed by atoms with E-state index in [2.05, 4.69) is 5.32 Å². The van der Waals surface area contributed by atoms with Gasteiger partial charge in [0, 0.05) is 34.2 Å². The molecular formula is C26H17ClFN3O3. The van der Waals surface area contributed by atoms with Crippen molar-refractivity contribution in [1.82, 2.24) is 9.88 Å². The van der Waals surface area contributed by atoms with Crippen molar-refractivity contribution in [1.29, 1.82) is 0 Å². The number of nitrogens with one attached hydrogen (secondary N) is 1. The predicted octanol–water partition coefficient (Wildman–Crippen LogP) is 5.15. The Kier molecular flexibility index (Phi) is 5.47. The van der Waals surface area contributed by atoms with Gasteiger partial charge in [0.15, 0.2) is 0 Å². The molecule has 34 heavy (non-hydrogen) atoms. The van der Waals surface area contributed by atoms with Crippen molar-refractivity contribution in [3.8, 4) is 0 Å². The Bertz CT molecular complexity index is 1470. The van der Waals surface area contributed by atoms with Crippen LogP contribution in [0.1, 0.15) is 11.1 Å². The molecule has 4 aromatic rings. The number of amides is 4. The normalized spacial score (nSPS) is 15.3. The lowest BCUT2D eigenvalue weighted by molar-refractivity contribution is -0.122. The summed E-state index contributed by atoms with van der Waals surface area (Å²) >= 11 is 5.92. The summed E-state index contributed by atoms with van der Waals surface area (Å²) in [6, 6.07) is 19.1. The fourth-order valence-corrected chi connectivity index (χ4v) is 4.07. The molecule has 5 rings (SSSR count). The van der Waals surface area contributed by atoms with E-state index in [0.29, 0.717) is 22.8 Å². The van der Waals surface area contributed by atoms with E-state index in [1.165, 1.54) is 30.3 Å². The molecule has 1 aliphatic rings. The average Bonchev–Trinajstić information content (AvgIpc) is 3.16. The topological polar surface area (TPSA) is 71.4 Å². The second-order valence-electron chi connectivity index (χ2n) is 7.79. The Balaban J connectivity index is 1.56. The molecule has 4 amide bonds. The van der Waals surface area contributed by atoms with Crippen LogP contribution in [0, 0.1) is 5.82 Å². The van der Waals surface area contributed by atoms with Crippen molar-refractivity contribution in [2.24, 2.45) is 0 Å². The number of anilines is 1. The first-order valence-electron chi connectivity index (χ1n) is 10.4. The molecule has 0 spiro atoms. The summed E-state index contributed by atoms with van der Waals surface area (Å²) in [4.78, 5) is 39.1. The van der Waals surface area contributed by atoms with Crippen LogP contribution in [0.4, 0.5) is 14.9 Å². The van der Waals surface area contributed by atoms with Crippen molar-refractivity contribution < 1.29 is 18.8 Å². The summed E-state index contributed by atoms with van der Waals surface area (Å²) in [6.07, 6.45) is 3.31. The van der Waals surface area contributed by atoms with Gasteiger partial charge in [-0.15, -0.1) is 0 Å². The van der Waals surface area contributed by atoms with Gasteiger partial charge in [0.2, 0.25) is 0 Å². The molecule has 3 aromatic carbocycles. The van der Waals surface area contributed by atoms with Gasteiger partial charge in [-0.3, -0.25) is 14.9 Å². The summed E-state index contributed by atoms with van der Waals surface area (Å²) in [7, 11) is 0. The summed E-state index contributed by atoms with van der Waals surface area (Å²) in [5.41, 5.74) is 2.55. The number of aromatic nitrogens is 1. The van der Waals surface area contributed by atoms with Crippen LogP contribution < -0.4 is 10.2 Å². The van der Waals surface area contributed by atoms with E-state index in [1.807, 2.05) is 35.0 Å². The number of hydrogen-bond acceptors (Lipinski definition) is 3. The van der Waals surface area contributed by atoms with E-state index in [9.17, 15) is 18.8 Å². The molecule has 1 saturated heterocycles. The van der Waals surface area contributed by atoms with Crippen LogP contribution in [0.5, 0.6) is 0 Å². The van der Waals surface area contributed by atoms with Gasteiger partial charge >= 0.3 is 6.03 Å². The standard InChI is InChI=1S/C26H17ClFN3O3/c27-18-7-11-20(12-8-18)31-25(33)22(24(32)29-26(31)34)13-17-15-30(23-4-2-1-3-21(17)23)14-16-5-9-19(28)10-6-16/h1-13,15H,14H2,(H,29,32,34)/b22-13-. The van der Waals surface area contributed by atoms with Gasteiger partial charge in [-0.25, -0.2) is 14.1 Å². The highest BCUT2D eigenvalue weighted by molar-refractivity contribution is 6.39. The summed E-state index contributed by atoms with van der Waals surface area (Å²) in [5, 5.41) is 3.51. The molecule has 0 radical (unpaired) electrons. The lowest BCUT2D eigenvalue weighted by Gasteiger charge is -2.26. The molecule has 1 aromatic heterocycles. The van der Waals surface area contributed by atoms with Crippen molar-refractivity contribution in [2.45, 2.75) is 6.54 Å². The Labute approximate surface area is 198 Å². The highest BCUT2D eigenvalue weighted by atomic mass is 35.5. The molecule has 1 N–H and O–H groups in total. The molecule has 0 unspecified atom stereocenters. The number of carbonyl (C=O) groups is 3. The Morgan fingerprint density at radius 1 is 0.912 bits per heavy atom. The minimum absolute atomic E-state index is 0.167. The minimum atomic E-state index is -0.826. The maximum absolute atomic E-state index is 13.3. The van der Waals surface area contributed by atoms with Crippen LogP contribution in [0.25, 0.3) is 17.0 Å². The van der Waals surface area contributed by atoms with Gasteiger partial charge in [-0.1, -0.05) is 41.9 Å².